The zero-order chi connectivity index (χ0) is 29.0. The van der Waals surface area contributed by atoms with Crippen LogP contribution in [-0.4, -0.2) is 92.1 Å². The minimum Gasteiger partial charge on any atom is -0.482 e. The first kappa shape index (κ1) is 30.7. The van der Waals surface area contributed by atoms with Gasteiger partial charge in [-0.3, -0.25) is 0 Å². The van der Waals surface area contributed by atoms with Gasteiger partial charge < -0.3 is 44.8 Å². The molecule has 1 heterocycles. The Morgan fingerprint density at radius 3 is 2.55 bits per heavy atom. The number of carboxylic acids is 1. The van der Waals surface area contributed by atoms with Crippen LogP contribution in [-0.2, 0) is 31.9 Å². The Kier molecular flexibility index (Phi) is 10.4. The topological polar surface area (TPSA) is 183 Å². The van der Waals surface area contributed by atoms with Gasteiger partial charge in [-0.05, 0) is 73.5 Å². The van der Waals surface area contributed by atoms with Crippen molar-refractivity contribution < 1.29 is 54.4 Å². The number of rotatable bonds is 12. The van der Waals surface area contributed by atoms with Gasteiger partial charge in [-0.1, -0.05) is 38.3 Å². The van der Waals surface area contributed by atoms with Crippen molar-refractivity contribution in [3.05, 3.63) is 29.3 Å². The van der Waals surface area contributed by atoms with Crippen LogP contribution in [0.25, 0.3) is 0 Å². The van der Waals surface area contributed by atoms with Gasteiger partial charge in [0.2, 0.25) is 6.29 Å². The van der Waals surface area contributed by atoms with E-state index in [1.807, 2.05) is 12.1 Å². The zero-order valence-electron chi connectivity index (χ0n) is 22.8. The molecule has 2 aliphatic carbocycles. The van der Waals surface area contributed by atoms with Gasteiger partial charge in [0.05, 0.1) is 12.2 Å². The lowest BCUT2D eigenvalue weighted by Gasteiger charge is -2.37. The third-order valence-electron chi connectivity index (χ3n) is 8.73. The van der Waals surface area contributed by atoms with Crippen molar-refractivity contribution in [2.75, 3.05) is 6.61 Å². The molecule has 1 saturated carbocycles. The normalized spacial score (nSPS) is 34.0. The van der Waals surface area contributed by atoms with Crippen LogP contribution >= 0.6 is 0 Å². The predicted molar refractivity (Wildman–Crippen MR) is 140 cm³/mol. The molecule has 1 aromatic rings. The van der Waals surface area contributed by atoms with Gasteiger partial charge in [0.15, 0.2) is 12.7 Å². The van der Waals surface area contributed by atoms with Gasteiger partial charge in [-0.2, -0.15) is 0 Å². The summed E-state index contributed by atoms with van der Waals surface area (Å²) in [5, 5.41) is 60.2. The number of aliphatic carboxylic acids is 1. The van der Waals surface area contributed by atoms with E-state index in [1.54, 1.807) is 6.07 Å². The van der Waals surface area contributed by atoms with Gasteiger partial charge in [0, 0.05) is 0 Å². The summed E-state index contributed by atoms with van der Waals surface area (Å²) < 4.78 is 15.8. The van der Waals surface area contributed by atoms with E-state index < -0.39 is 55.4 Å². The number of carbonyl (C=O) groups excluding carboxylic acids is 1. The molecule has 40 heavy (non-hydrogen) atoms. The van der Waals surface area contributed by atoms with Crippen molar-refractivity contribution in [3.8, 4) is 5.75 Å². The fourth-order valence-corrected chi connectivity index (χ4v) is 6.55. The lowest BCUT2D eigenvalue weighted by atomic mass is 9.73. The van der Waals surface area contributed by atoms with Crippen LogP contribution in [0.3, 0.4) is 0 Å². The summed E-state index contributed by atoms with van der Waals surface area (Å²) >= 11 is 0. The van der Waals surface area contributed by atoms with Crippen LogP contribution in [0.5, 0.6) is 5.75 Å². The first-order valence-corrected chi connectivity index (χ1v) is 14.3. The van der Waals surface area contributed by atoms with Gasteiger partial charge in [0.1, 0.15) is 24.1 Å². The van der Waals surface area contributed by atoms with E-state index in [0.717, 1.165) is 49.7 Å². The van der Waals surface area contributed by atoms with Crippen molar-refractivity contribution in [2.45, 2.75) is 108 Å². The number of fused-ring (bicyclic) bond motifs is 2. The number of hydrogen-bond donors (Lipinski definition) is 6. The fourth-order valence-electron chi connectivity index (χ4n) is 6.55. The highest BCUT2D eigenvalue weighted by atomic mass is 16.7. The summed E-state index contributed by atoms with van der Waals surface area (Å²) in [4.78, 5) is 23.7. The zero-order valence-corrected chi connectivity index (χ0v) is 22.8. The van der Waals surface area contributed by atoms with Gasteiger partial charge in [-0.15, -0.1) is 0 Å². The highest BCUT2D eigenvalue weighted by Crippen LogP contribution is 2.48. The maximum Gasteiger partial charge on any atom is 0.346 e. The standard InChI is InChI=1S/C29H42O11/c1-2-3-4-7-17(30)9-10-18-19-11-15-6-5-8-22(20(15)12-16(19)13-21(18)31)38-14-23(32)39-29-26(35)24(33)25(34)27(40-29)28(36)37/h5-6,8,16-19,21,24-27,29-31,33-35H,2-4,7,9-14H2,1H3,(H,36,37)/t16-,17?,18+,19-,21+,24?,25-,26?,27?,29+/m0/s1. The Labute approximate surface area is 233 Å². The predicted octanol–water partition coefficient (Wildman–Crippen LogP) is 0.934. The Hall–Kier alpha value is -2.28. The lowest BCUT2D eigenvalue weighted by Crippen LogP contribution is -2.60. The number of ether oxygens (including phenoxy) is 3. The molecule has 0 spiro atoms. The molecular weight excluding hydrogens is 524 g/mol. The van der Waals surface area contributed by atoms with Crippen molar-refractivity contribution in [2.24, 2.45) is 17.8 Å². The van der Waals surface area contributed by atoms with Crippen molar-refractivity contribution in [1.29, 1.82) is 0 Å². The second kappa shape index (κ2) is 13.6. The molecule has 11 heteroatoms. The van der Waals surface area contributed by atoms with Gasteiger partial charge in [0.25, 0.3) is 0 Å². The van der Waals surface area contributed by atoms with E-state index in [9.17, 15) is 35.1 Å². The van der Waals surface area contributed by atoms with E-state index in [2.05, 4.69) is 6.92 Å². The van der Waals surface area contributed by atoms with Crippen LogP contribution in [0, 0.1) is 17.8 Å². The van der Waals surface area contributed by atoms with Crippen molar-refractivity contribution in [3.63, 3.8) is 0 Å². The maximum atomic E-state index is 12.5. The maximum absolute atomic E-state index is 12.5. The number of hydrogen-bond acceptors (Lipinski definition) is 10. The molecule has 0 bridgehead atoms. The van der Waals surface area contributed by atoms with Crippen LogP contribution in [0.1, 0.15) is 63.0 Å². The first-order chi connectivity index (χ1) is 19.1. The van der Waals surface area contributed by atoms with Gasteiger partial charge in [-0.25, -0.2) is 9.59 Å². The smallest absolute Gasteiger partial charge is 0.346 e. The number of unbranched alkanes of at least 4 members (excludes halogenated alkanes) is 2. The summed E-state index contributed by atoms with van der Waals surface area (Å²) in [7, 11) is 0. The summed E-state index contributed by atoms with van der Waals surface area (Å²) in [5.41, 5.74) is 2.05. The molecule has 0 radical (unpaired) electrons. The molecule has 4 unspecified atom stereocenters. The Morgan fingerprint density at radius 1 is 1.05 bits per heavy atom. The summed E-state index contributed by atoms with van der Waals surface area (Å²) in [6.45, 7) is 1.59. The summed E-state index contributed by atoms with van der Waals surface area (Å²) in [5.74, 6) is -1.33. The monoisotopic (exact) mass is 566 g/mol. The second-order valence-corrected chi connectivity index (χ2v) is 11.4. The molecule has 3 aliphatic rings. The minimum atomic E-state index is -1.89. The van der Waals surface area contributed by atoms with Crippen LogP contribution < -0.4 is 4.74 Å². The van der Waals surface area contributed by atoms with Crippen LogP contribution in [0.2, 0.25) is 0 Å². The first-order valence-electron chi connectivity index (χ1n) is 14.3. The summed E-state index contributed by atoms with van der Waals surface area (Å²) in [6, 6.07) is 5.60. The van der Waals surface area contributed by atoms with E-state index in [4.69, 9.17) is 19.3 Å². The Bertz CT molecular complexity index is 1020. The van der Waals surface area contributed by atoms with E-state index >= 15 is 0 Å². The quantitative estimate of drug-likeness (QED) is 0.156. The number of carbonyl (C=O) groups is 2. The molecule has 10 atom stereocenters. The number of esters is 1. The molecule has 6 N–H and O–H groups in total. The molecule has 2 fully saturated rings. The van der Waals surface area contributed by atoms with E-state index in [-0.39, 0.29) is 17.9 Å². The fraction of sp³-hybridized carbons (Fsp3) is 0.724. The lowest BCUT2D eigenvalue weighted by molar-refractivity contribution is -0.286. The Balaban J connectivity index is 1.33. The average Bonchev–Trinajstić information content (AvgIpc) is 3.23. The highest BCUT2D eigenvalue weighted by molar-refractivity contribution is 5.74. The molecule has 224 valence electrons. The van der Waals surface area contributed by atoms with E-state index in [1.165, 1.54) is 0 Å². The Morgan fingerprint density at radius 2 is 1.82 bits per heavy atom. The molecule has 1 aromatic carbocycles. The van der Waals surface area contributed by atoms with Crippen LogP contribution in [0.15, 0.2) is 18.2 Å². The second-order valence-electron chi connectivity index (χ2n) is 11.4. The van der Waals surface area contributed by atoms with Crippen molar-refractivity contribution in [1.82, 2.24) is 0 Å². The molecule has 0 amide bonds. The number of aliphatic hydroxyl groups excluding tert-OH is 5. The number of benzene rings is 1. The minimum absolute atomic E-state index is 0.129. The van der Waals surface area contributed by atoms with Crippen molar-refractivity contribution >= 4 is 11.9 Å². The highest BCUT2D eigenvalue weighted by Gasteiger charge is 2.49. The summed E-state index contributed by atoms with van der Waals surface area (Å²) in [6.07, 6.45) is -2.37. The number of aliphatic hydroxyl groups is 5. The largest absolute Gasteiger partial charge is 0.482 e. The third kappa shape index (κ3) is 6.95. The molecule has 4 rings (SSSR count). The molecule has 1 aliphatic heterocycles. The average molecular weight is 567 g/mol. The molecular formula is C29H42O11. The molecule has 1 saturated heterocycles. The van der Waals surface area contributed by atoms with Crippen LogP contribution in [0.4, 0.5) is 0 Å². The SMILES string of the molecule is CCCCCC(O)CC[C@@H]1[C@H]2Cc3cccc(OCC(=O)O[C@@H]4OC(C(=O)O)[C@@H](O)C(O)C4O)c3C[C@H]2C[C@H]1O. The molecule has 0 aromatic heterocycles. The molecule has 11 nitrogen and oxygen atoms in total. The number of carboxylic acid groups (broad SMARTS) is 1. The third-order valence-corrected chi connectivity index (χ3v) is 8.73. The van der Waals surface area contributed by atoms with Gasteiger partial charge >= 0.3 is 11.9 Å². The van der Waals surface area contributed by atoms with E-state index in [0.29, 0.717) is 30.9 Å².